The predicted molar refractivity (Wildman–Crippen MR) is 39.4 cm³/mol. The topological polar surface area (TPSA) is 35.2 Å². The predicted octanol–water partition coefficient (Wildman–Crippen LogP) is 1.15. The van der Waals surface area contributed by atoms with E-state index in [4.69, 9.17) is 10.5 Å². The van der Waals surface area contributed by atoms with Crippen molar-refractivity contribution in [3.05, 3.63) is 0 Å². The minimum atomic E-state index is 0.162. The molecule has 0 spiro atoms. The molecule has 2 unspecified atom stereocenters. The van der Waals surface area contributed by atoms with Gasteiger partial charge in [-0.15, -0.1) is 0 Å². The lowest BCUT2D eigenvalue weighted by Gasteiger charge is -2.17. The van der Waals surface area contributed by atoms with Crippen molar-refractivity contribution >= 4 is 0 Å². The van der Waals surface area contributed by atoms with E-state index < -0.39 is 0 Å². The van der Waals surface area contributed by atoms with Crippen molar-refractivity contribution in [1.82, 2.24) is 0 Å². The second kappa shape index (κ2) is 4.77. The summed E-state index contributed by atoms with van der Waals surface area (Å²) in [5.41, 5.74) is 5.61. The molecule has 0 aliphatic carbocycles. The van der Waals surface area contributed by atoms with Crippen LogP contribution in [-0.2, 0) is 4.74 Å². The van der Waals surface area contributed by atoms with Gasteiger partial charge in [-0.1, -0.05) is 13.3 Å². The second-order valence-corrected chi connectivity index (χ2v) is 2.42. The largest absolute Gasteiger partial charge is 0.380 e. The minimum Gasteiger partial charge on any atom is -0.380 e. The highest BCUT2D eigenvalue weighted by Crippen LogP contribution is 2.03. The molecule has 2 N–H and O–H groups in total. The zero-order valence-electron chi connectivity index (χ0n) is 6.55. The fourth-order valence-corrected chi connectivity index (χ4v) is 0.880. The Hall–Kier alpha value is -0.0800. The number of rotatable bonds is 4. The van der Waals surface area contributed by atoms with Crippen molar-refractivity contribution in [2.24, 2.45) is 5.73 Å². The Morgan fingerprint density at radius 3 is 2.22 bits per heavy atom. The maximum Gasteiger partial charge on any atom is 0.0719 e. The SMILES string of the molecule is CCCC(OC)C(C)N. The zero-order valence-corrected chi connectivity index (χ0v) is 6.55. The molecule has 0 rings (SSSR count). The summed E-state index contributed by atoms with van der Waals surface area (Å²) < 4.78 is 5.13. The zero-order chi connectivity index (χ0) is 7.28. The molecule has 0 saturated heterocycles. The summed E-state index contributed by atoms with van der Waals surface area (Å²) in [5, 5.41) is 0. The van der Waals surface area contributed by atoms with Gasteiger partial charge in [-0.25, -0.2) is 0 Å². The molecule has 56 valence electrons. The normalized spacial score (nSPS) is 17.3. The van der Waals surface area contributed by atoms with Crippen molar-refractivity contribution in [1.29, 1.82) is 0 Å². The Bertz CT molecular complexity index is 63.9. The van der Waals surface area contributed by atoms with E-state index in [0.29, 0.717) is 0 Å². The van der Waals surface area contributed by atoms with E-state index in [9.17, 15) is 0 Å². The summed E-state index contributed by atoms with van der Waals surface area (Å²) in [6.07, 6.45) is 2.45. The third-order valence-corrected chi connectivity index (χ3v) is 1.46. The summed E-state index contributed by atoms with van der Waals surface area (Å²) in [7, 11) is 1.71. The molecule has 0 saturated carbocycles. The molecular weight excluding hydrogens is 114 g/mol. The van der Waals surface area contributed by atoms with Gasteiger partial charge in [0, 0.05) is 13.2 Å². The molecule has 0 fully saturated rings. The van der Waals surface area contributed by atoms with Gasteiger partial charge >= 0.3 is 0 Å². The highest BCUT2D eigenvalue weighted by Gasteiger charge is 2.09. The van der Waals surface area contributed by atoms with Crippen LogP contribution < -0.4 is 5.73 Å². The fraction of sp³-hybridized carbons (Fsp3) is 1.00. The van der Waals surface area contributed by atoms with Gasteiger partial charge < -0.3 is 10.5 Å². The average Bonchev–Trinajstić information content (AvgIpc) is 1.82. The number of nitrogens with two attached hydrogens (primary N) is 1. The summed E-state index contributed by atoms with van der Waals surface area (Å²) in [5.74, 6) is 0. The van der Waals surface area contributed by atoms with E-state index in [1.807, 2.05) is 6.92 Å². The highest BCUT2D eigenvalue weighted by atomic mass is 16.5. The Morgan fingerprint density at radius 2 is 2.11 bits per heavy atom. The monoisotopic (exact) mass is 131 g/mol. The van der Waals surface area contributed by atoms with Crippen molar-refractivity contribution < 1.29 is 4.74 Å². The molecule has 0 aromatic heterocycles. The molecule has 0 bridgehead atoms. The summed E-state index contributed by atoms with van der Waals surface area (Å²) in [6.45, 7) is 4.11. The van der Waals surface area contributed by atoms with Crippen LogP contribution in [0.3, 0.4) is 0 Å². The maximum absolute atomic E-state index is 5.61. The first-order valence-corrected chi connectivity index (χ1v) is 3.50. The van der Waals surface area contributed by atoms with Crippen LogP contribution in [0, 0.1) is 0 Å². The molecule has 0 aliphatic heterocycles. The van der Waals surface area contributed by atoms with Crippen LogP contribution in [0.5, 0.6) is 0 Å². The van der Waals surface area contributed by atoms with Crippen LogP contribution >= 0.6 is 0 Å². The van der Waals surface area contributed by atoms with Crippen LogP contribution in [0.15, 0.2) is 0 Å². The molecule has 2 atom stereocenters. The van der Waals surface area contributed by atoms with Crippen LogP contribution in [-0.4, -0.2) is 19.3 Å². The highest BCUT2D eigenvalue weighted by molar-refractivity contribution is 4.66. The first-order valence-electron chi connectivity index (χ1n) is 3.50. The molecule has 9 heavy (non-hydrogen) atoms. The molecule has 0 aliphatic rings. The standard InChI is InChI=1S/C7H17NO/c1-4-5-7(9-3)6(2)8/h6-7H,4-5,8H2,1-3H3. The lowest BCUT2D eigenvalue weighted by Crippen LogP contribution is -2.32. The number of methoxy groups -OCH3 is 1. The third-order valence-electron chi connectivity index (χ3n) is 1.46. The quantitative estimate of drug-likeness (QED) is 0.621. The van der Waals surface area contributed by atoms with Crippen LogP contribution in [0.1, 0.15) is 26.7 Å². The van der Waals surface area contributed by atoms with E-state index in [0.717, 1.165) is 12.8 Å². The van der Waals surface area contributed by atoms with Gasteiger partial charge in [-0.05, 0) is 13.3 Å². The smallest absolute Gasteiger partial charge is 0.0719 e. The fourth-order valence-electron chi connectivity index (χ4n) is 0.880. The Labute approximate surface area is 57.4 Å². The minimum absolute atomic E-state index is 0.162. The summed E-state index contributed by atoms with van der Waals surface area (Å²) >= 11 is 0. The lowest BCUT2D eigenvalue weighted by atomic mass is 10.1. The Morgan fingerprint density at radius 1 is 1.56 bits per heavy atom. The van der Waals surface area contributed by atoms with Crippen LogP contribution in [0.2, 0.25) is 0 Å². The molecule has 0 aromatic rings. The molecule has 0 aromatic carbocycles. The number of hydrogen-bond acceptors (Lipinski definition) is 2. The Balaban J connectivity index is 3.41. The van der Waals surface area contributed by atoms with E-state index in [2.05, 4.69) is 6.92 Å². The van der Waals surface area contributed by atoms with Gasteiger partial charge in [0.2, 0.25) is 0 Å². The summed E-state index contributed by atoms with van der Waals surface area (Å²) in [6, 6.07) is 0.162. The van der Waals surface area contributed by atoms with Crippen molar-refractivity contribution in [3.63, 3.8) is 0 Å². The third kappa shape index (κ3) is 3.49. The second-order valence-electron chi connectivity index (χ2n) is 2.42. The molecule has 0 heterocycles. The average molecular weight is 131 g/mol. The Kier molecular flexibility index (Phi) is 4.72. The number of ether oxygens (including phenoxy) is 1. The molecule has 2 heteroatoms. The first kappa shape index (κ1) is 8.92. The number of hydrogen-bond donors (Lipinski definition) is 1. The molecule has 2 nitrogen and oxygen atoms in total. The molecular formula is C7H17NO. The van der Waals surface area contributed by atoms with Crippen molar-refractivity contribution in [2.45, 2.75) is 38.8 Å². The van der Waals surface area contributed by atoms with Gasteiger partial charge in [-0.2, -0.15) is 0 Å². The van der Waals surface area contributed by atoms with E-state index in [1.54, 1.807) is 7.11 Å². The first-order chi connectivity index (χ1) is 4.22. The van der Waals surface area contributed by atoms with Gasteiger partial charge in [0.15, 0.2) is 0 Å². The van der Waals surface area contributed by atoms with E-state index >= 15 is 0 Å². The van der Waals surface area contributed by atoms with Gasteiger partial charge in [0.05, 0.1) is 6.10 Å². The maximum atomic E-state index is 5.61. The van der Waals surface area contributed by atoms with E-state index in [-0.39, 0.29) is 12.1 Å². The van der Waals surface area contributed by atoms with Gasteiger partial charge in [0.25, 0.3) is 0 Å². The van der Waals surface area contributed by atoms with Gasteiger partial charge in [-0.3, -0.25) is 0 Å². The molecule has 0 amide bonds. The molecule has 0 radical (unpaired) electrons. The van der Waals surface area contributed by atoms with Crippen LogP contribution in [0.4, 0.5) is 0 Å². The van der Waals surface area contributed by atoms with Crippen molar-refractivity contribution in [2.75, 3.05) is 7.11 Å². The van der Waals surface area contributed by atoms with E-state index in [1.165, 1.54) is 0 Å². The van der Waals surface area contributed by atoms with Crippen LogP contribution in [0.25, 0.3) is 0 Å². The summed E-state index contributed by atoms with van der Waals surface area (Å²) in [4.78, 5) is 0. The lowest BCUT2D eigenvalue weighted by molar-refractivity contribution is 0.0775. The van der Waals surface area contributed by atoms with Crippen molar-refractivity contribution in [3.8, 4) is 0 Å². The van der Waals surface area contributed by atoms with Gasteiger partial charge in [0.1, 0.15) is 0 Å².